The van der Waals surface area contributed by atoms with Gasteiger partial charge in [-0.05, 0) is 59.8 Å². The number of hydrogen-bond donors (Lipinski definition) is 0. The van der Waals surface area contributed by atoms with E-state index in [9.17, 15) is 0 Å². The first-order chi connectivity index (χ1) is 9.57. The van der Waals surface area contributed by atoms with Gasteiger partial charge in [0.25, 0.3) is 0 Å². The minimum atomic E-state index is -0.853. The summed E-state index contributed by atoms with van der Waals surface area (Å²) >= 11 is 0. The highest BCUT2D eigenvalue weighted by Gasteiger charge is 2.27. The predicted molar refractivity (Wildman–Crippen MR) is 98.7 cm³/mol. The lowest BCUT2D eigenvalue weighted by Crippen LogP contribution is -2.00. The summed E-state index contributed by atoms with van der Waals surface area (Å²) in [4.78, 5) is 0. The van der Waals surface area contributed by atoms with E-state index in [1.54, 1.807) is 0 Å². The van der Waals surface area contributed by atoms with Gasteiger partial charge in [-0.2, -0.15) is 18.5 Å². The number of halogens is 2. The van der Waals surface area contributed by atoms with Crippen LogP contribution < -0.4 is 0 Å². The molecule has 1 aromatic carbocycles. The zero-order valence-corrected chi connectivity index (χ0v) is 15.1. The summed E-state index contributed by atoms with van der Waals surface area (Å²) in [6, 6.07) is 9.16. The summed E-state index contributed by atoms with van der Waals surface area (Å²) < 4.78 is 0. The molecule has 0 aromatic heterocycles. The molecule has 0 nitrogen and oxygen atoms in total. The van der Waals surface area contributed by atoms with Crippen LogP contribution in [0.3, 0.4) is 0 Å². The fourth-order valence-corrected chi connectivity index (χ4v) is 10.8. The van der Waals surface area contributed by atoms with Gasteiger partial charge in [0.1, 0.15) is 0 Å². The van der Waals surface area contributed by atoms with Crippen LogP contribution in [0.2, 0.25) is 0 Å². The molecule has 1 aromatic rings. The van der Waals surface area contributed by atoms with E-state index in [4.69, 9.17) is 21.4 Å². The van der Waals surface area contributed by atoms with Crippen LogP contribution in [0.5, 0.6) is 0 Å². The molecule has 0 amide bonds. The van der Waals surface area contributed by atoms with Crippen LogP contribution in [-0.4, -0.2) is 23.0 Å². The molecular weight excluding hydrogens is 327 g/mol. The molecule has 114 valence electrons. The fourth-order valence-electron chi connectivity index (χ4n) is 3.26. The fraction of sp³-hybridized carbons (Fsp3) is 0.625. The van der Waals surface area contributed by atoms with E-state index < -0.39 is 18.5 Å². The topological polar surface area (TPSA) is 0 Å². The molecular formula is C16H24Cl2S2. The molecule has 0 aliphatic carbocycles. The van der Waals surface area contributed by atoms with E-state index in [0.29, 0.717) is 0 Å². The van der Waals surface area contributed by atoms with Crippen molar-refractivity contribution >= 4 is 39.8 Å². The van der Waals surface area contributed by atoms with Gasteiger partial charge in [-0.3, -0.25) is 0 Å². The first kappa shape index (κ1) is 15.4. The van der Waals surface area contributed by atoms with Gasteiger partial charge in [-0.1, -0.05) is 45.6 Å². The Balaban J connectivity index is 1.62. The van der Waals surface area contributed by atoms with E-state index in [1.165, 1.54) is 59.8 Å². The van der Waals surface area contributed by atoms with Gasteiger partial charge in [0.15, 0.2) is 0 Å². The monoisotopic (exact) mass is 350 g/mol. The summed E-state index contributed by atoms with van der Waals surface area (Å²) in [6.45, 7) is 0. The van der Waals surface area contributed by atoms with Crippen LogP contribution in [0.15, 0.2) is 24.3 Å². The standard InChI is InChI=1S/C16H24Cl2S2/c17-19(9-1-2-10-19)13-15-5-7-16(8-6-15)14-20(18)11-3-4-12-20/h5-8H,1-4,9-14H2. The molecule has 20 heavy (non-hydrogen) atoms. The van der Waals surface area contributed by atoms with Crippen molar-refractivity contribution in [3.05, 3.63) is 35.4 Å². The van der Waals surface area contributed by atoms with Gasteiger partial charge in [0.2, 0.25) is 0 Å². The highest BCUT2D eigenvalue weighted by atomic mass is 35.7. The van der Waals surface area contributed by atoms with Crippen molar-refractivity contribution in [2.75, 3.05) is 23.0 Å². The van der Waals surface area contributed by atoms with Gasteiger partial charge in [0.05, 0.1) is 0 Å². The van der Waals surface area contributed by atoms with Gasteiger partial charge in [-0.25, -0.2) is 0 Å². The van der Waals surface area contributed by atoms with Crippen molar-refractivity contribution in [2.24, 2.45) is 0 Å². The zero-order valence-electron chi connectivity index (χ0n) is 12.0. The van der Waals surface area contributed by atoms with Crippen molar-refractivity contribution < 1.29 is 0 Å². The van der Waals surface area contributed by atoms with Crippen LogP contribution >= 0.6 is 39.8 Å². The average Bonchev–Trinajstić information content (AvgIpc) is 3.02. The first-order valence-corrected chi connectivity index (χ1v) is 13.5. The van der Waals surface area contributed by atoms with Crippen LogP contribution in [-0.2, 0) is 11.5 Å². The molecule has 0 bridgehead atoms. The summed E-state index contributed by atoms with van der Waals surface area (Å²) in [5.41, 5.74) is 2.84. The van der Waals surface area contributed by atoms with Crippen molar-refractivity contribution in [1.82, 2.24) is 0 Å². The molecule has 0 spiro atoms. The van der Waals surface area contributed by atoms with Crippen molar-refractivity contribution in [2.45, 2.75) is 37.2 Å². The van der Waals surface area contributed by atoms with E-state index in [-0.39, 0.29) is 0 Å². The molecule has 3 rings (SSSR count). The number of rotatable bonds is 4. The SMILES string of the molecule is ClS1(Cc2ccc(CS3(Cl)CCCC3)cc2)CCCC1. The van der Waals surface area contributed by atoms with Gasteiger partial charge < -0.3 is 0 Å². The van der Waals surface area contributed by atoms with Crippen LogP contribution in [0.4, 0.5) is 0 Å². The smallest absolute Gasteiger partial charge is 0.0151 e. The molecule has 0 N–H and O–H groups in total. The lowest BCUT2D eigenvalue weighted by atomic mass is 10.2. The molecule has 2 fully saturated rings. The van der Waals surface area contributed by atoms with Crippen molar-refractivity contribution in [3.63, 3.8) is 0 Å². The highest BCUT2D eigenvalue weighted by Crippen LogP contribution is 2.61. The normalized spacial score (nSPS) is 27.3. The first-order valence-electron chi connectivity index (χ1n) is 7.57. The summed E-state index contributed by atoms with van der Waals surface area (Å²) in [5, 5.41) is 0. The van der Waals surface area contributed by atoms with Gasteiger partial charge >= 0.3 is 0 Å². The zero-order chi connectivity index (χ0) is 14.1. The van der Waals surface area contributed by atoms with E-state index >= 15 is 0 Å². The van der Waals surface area contributed by atoms with Crippen LogP contribution in [0.1, 0.15) is 36.8 Å². The Morgan fingerprint density at radius 2 is 0.950 bits per heavy atom. The third-order valence-corrected chi connectivity index (χ3v) is 12.7. The maximum Gasteiger partial charge on any atom is 0.0151 e. The summed E-state index contributed by atoms with van der Waals surface area (Å²) in [7, 11) is 11.8. The molecule has 2 saturated heterocycles. The van der Waals surface area contributed by atoms with Crippen LogP contribution in [0, 0.1) is 0 Å². The maximum absolute atomic E-state index is 6.77. The second kappa shape index (κ2) is 6.32. The average molecular weight is 351 g/mol. The highest BCUT2D eigenvalue weighted by molar-refractivity contribution is 8.51. The second-order valence-corrected chi connectivity index (χ2v) is 16.1. The molecule has 2 aliphatic heterocycles. The maximum atomic E-state index is 6.77. The van der Waals surface area contributed by atoms with Crippen molar-refractivity contribution in [1.29, 1.82) is 0 Å². The Morgan fingerprint density at radius 3 is 1.25 bits per heavy atom. The number of benzene rings is 1. The summed E-state index contributed by atoms with van der Waals surface area (Å²) in [6.07, 6.45) is 5.31. The Bertz CT molecular complexity index is 403. The molecule has 4 heteroatoms. The molecule has 2 heterocycles. The van der Waals surface area contributed by atoms with Gasteiger partial charge in [0, 0.05) is 11.5 Å². The molecule has 0 saturated carbocycles. The molecule has 2 aliphatic rings. The Labute approximate surface area is 135 Å². The largest absolute Gasteiger partial charge is 0.159 e. The van der Waals surface area contributed by atoms with Gasteiger partial charge in [-0.15, -0.1) is 0 Å². The quantitative estimate of drug-likeness (QED) is 0.607. The molecule has 0 radical (unpaired) electrons. The minimum absolute atomic E-state index is 0.853. The predicted octanol–water partition coefficient (Wildman–Crippen LogP) is 6.19. The lowest BCUT2D eigenvalue weighted by molar-refractivity contribution is 0.949. The third kappa shape index (κ3) is 3.82. The third-order valence-electron chi connectivity index (χ3n) is 4.41. The minimum Gasteiger partial charge on any atom is -0.159 e. The van der Waals surface area contributed by atoms with Crippen molar-refractivity contribution in [3.8, 4) is 0 Å². The Morgan fingerprint density at radius 1 is 0.650 bits per heavy atom. The Kier molecular flexibility index (Phi) is 4.86. The molecule has 0 atom stereocenters. The van der Waals surface area contributed by atoms with E-state index in [0.717, 1.165) is 11.5 Å². The lowest BCUT2D eigenvalue weighted by Gasteiger charge is -2.28. The van der Waals surface area contributed by atoms with Crippen LogP contribution in [0.25, 0.3) is 0 Å². The van der Waals surface area contributed by atoms with E-state index in [1.807, 2.05) is 0 Å². The second-order valence-electron chi connectivity index (χ2n) is 6.22. The van der Waals surface area contributed by atoms with E-state index in [2.05, 4.69) is 24.3 Å². The number of hydrogen-bond acceptors (Lipinski definition) is 0. The molecule has 0 unspecified atom stereocenters. The Hall–Kier alpha value is 0.500. The summed E-state index contributed by atoms with van der Waals surface area (Å²) in [5.74, 6) is 7.23.